The maximum absolute atomic E-state index is 13.2. The van der Waals surface area contributed by atoms with Gasteiger partial charge in [-0.15, -0.1) is 0 Å². The first-order valence-electron chi connectivity index (χ1n) is 38.2. The van der Waals surface area contributed by atoms with E-state index in [1.807, 2.05) is 139 Å². The zero-order valence-corrected chi connectivity index (χ0v) is 71.0. The standard InChI is InChI=1S/C18H23ClN4O2.C18H23ClN4O.C17H16ClN5O.2C15H17ClN4O2/c1-22(2)8-4-9-23-15-6-5-12(19)11-13(15)17-16(18(23)24)14(20-21-17)7-10-25-3;1-11-15-16(21-20-11)13-8-12(19)6-7-14(13)23(17(15)24)10-18(2,3)9-22(4)5;1-11-15-16(21-20-11)13-9-12(18)3-4-14(13)23(17(15)24)7-2-6-22-8-5-19-10-22;2*1-22-8-11-13-14(19-18-11)10-7-9(16)3-4-12(10)20(15(13)21)6-2-5-17/h5-6,11H,4,7-10H2,1-3H3,(H,20,21);6-8H,9-10H2,1-5H3,(H,20,21);3-5,8-10H,2,6-7H2,1H3,(H,20,21);2*3-4,7H,2,5-6,8,17H2,1H3,(H,18,19). The van der Waals surface area contributed by atoms with Gasteiger partial charge in [-0.2, -0.15) is 25.5 Å². The molecule has 34 heteroatoms. The van der Waals surface area contributed by atoms with Crippen molar-refractivity contribution in [3.8, 4) is 0 Å². The van der Waals surface area contributed by atoms with E-state index in [0.717, 1.165) is 117 Å². The second kappa shape index (κ2) is 38.1. The number of nitrogens with two attached hydrogens (primary N) is 2. The minimum absolute atomic E-state index is 0.00194. The normalized spacial score (nSPS) is 11.9. The van der Waals surface area contributed by atoms with E-state index >= 15 is 0 Å². The second-order valence-corrected chi connectivity index (χ2v) is 32.2. The summed E-state index contributed by atoms with van der Waals surface area (Å²) in [7, 11) is 13.0. The van der Waals surface area contributed by atoms with Crippen molar-refractivity contribution in [2.75, 3.05) is 82.3 Å². The number of nitrogens with zero attached hydrogens (tertiary/aromatic N) is 14. The summed E-state index contributed by atoms with van der Waals surface area (Å²) in [5, 5.41) is 46.8. The number of ether oxygens (including phenoxy) is 3. The minimum atomic E-state index is -0.0842. The molecular formula is C83H96Cl5N21O8. The zero-order chi connectivity index (χ0) is 83.7. The Labute approximate surface area is 696 Å². The predicted octanol–water partition coefficient (Wildman–Crippen LogP) is 13.3. The van der Waals surface area contributed by atoms with Gasteiger partial charge in [-0.25, -0.2) is 4.98 Å². The highest BCUT2D eigenvalue weighted by molar-refractivity contribution is 6.33. The number of H-pyrrole nitrogens is 5. The summed E-state index contributed by atoms with van der Waals surface area (Å²) >= 11 is 30.8. The molecule has 0 amide bonds. The molecule has 9 N–H and O–H groups in total. The van der Waals surface area contributed by atoms with E-state index in [1.165, 1.54) is 0 Å². The Balaban J connectivity index is 0.000000135. The molecular weight excluding hydrogens is 1600 g/mol. The van der Waals surface area contributed by atoms with Crippen LogP contribution in [-0.4, -0.2) is 175 Å². The van der Waals surface area contributed by atoms with E-state index in [4.69, 9.17) is 83.7 Å². The van der Waals surface area contributed by atoms with E-state index in [1.54, 1.807) is 61.2 Å². The third kappa shape index (κ3) is 18.7. The number of benzene rings is 5. The Kier molecular flexibility index (Phi) is 28.1. The number of imidazole rings is 1. The second-order valence-electron chi connectivity index (χ2n) is 30.1. The Morgan fingerprint density at radius 2 is 0.769 bits per heavy atom. The first kappa shape index (κ1) is 86.2. The molecule has 0 radical (unpaired) electrons. The molecule has 0 fully saturated rings. The van der Waals surface area contributed by atoms with Crippen LogP contribution in [0.5, 0.6) is 0 Å². The SMILES string of the molecule is COCCc1[nH]nc2c1c(=O)n(CCCN(C)C)c1ccc(Cl)cc21.COCc1[nH]nc2c1c(=O)n(CCCN)c1ccc(Cl)cc21.COCc1[nH]nc2c1c(=O)n(CCCN)c1ccc(Cl)cc21.Cc1[nH]nc2c1c(=O)n(CC(C)(C)CN(C)C)c1ccc(Cl)cc21.Cc1[nH]nc2c1c(=O)n(CCCn1ccnc1)c1ccc(Cl)cc21. The number of nitrogens with one attached hydrogen (secondary N) is 5. The summed E-state index contributed by atoms with van der Waals surface area (Å²) in [5.41, 5.74) is 22.2. The molecule has 616 valence electrons. The highest BCUT2D eigenvalue weighted by atomic mass is 35.5. The van der Waals surface area contributed by atoms with Gasteiger partial charge in [-0.1, -0.05) is 71.9 Å². The van der Waals surface area contributed by atoms with E-state index in [2.05, 4.69) is 79.6 Å². The Morgan fingerprint density at radius 3 is 1.13 bits per heavy atom. The lowest BCUT2D eigenvalue weighted by molar-refractivity contribution is 0.182. The van der Waals surface area contributed by atoms with E-state index in [-0.39, 0.29) is 33.2 Å². The van der Waals surface area contributed by atoms with Crippen LogP contribution in [0.2, 0.25) is 25.1 Å². The van der Waals surface area contributed by atoms with Crippen LogP contribution in [0.25, 0.3) is 109 Å². The molecule has 29 nitrogen and oxygen atoms in total. The molecule has 11 aromatic heterocycles. The molecule has 0 atom stereocenters. The van der Waals surface area contributed by atoms with Gasteiger partial charge in [0.2, 0.25) is 0 Å². The van der Waals surface area contributed by atoms with E-state index in [0.29, 0.717) is 163 Å². The number of aryl methyl sites for hydroxylation is 7. The number of halogens is 5. The molecule has 16 aromatic rings. The summed E-state index contributed by atoms with van der Waals surface area (Å²) in [5.74, 6) is 0. The number of methoxy groups -OCH3 is 3. The molecule has 5 aromatic carbocycles. The average molecular weight is 1690 g/mol. The fourth-order valence-corrected chi connectivity index (χ4v) is 16.1. The smallest absolute Gasteiger partial charge is 0.262 e. The van der Waals surface area contributed by atoms with Crippen LogP contribution in [0, 0.1) is 19.3 Å². The monoisotopic (exact) mass is 1690 g/mol. The third-order valence-corrected chi connectivity index (χ3v) is 21.4. The molecule has 0 saturated heterocycles. The Bertz CT molecular complexity index is 6440. The first-order chi connectivity index (χ1) is 56.2. The van der Waals surface area contributed by atoms with Gasteiger partial charge in [0, 0.05) is 149 Å². The maximum Gasteiger partial charge on any atom is 0.262 e. The van der Waals surface area contributed by atoms with Gasteiger partial charge >= 0.3 is 0 Å². The number of aromatic nitrogens is 17. The highest BCUT2D eigenvalue weighted by Gasteiger charge is 2.26. The largest absolute Gasteiger partial charge is 0.384 e. The molecule has 0 aliphatic rings. The quantitative estimate of drug-likeness (QED) is 0.0279. The van der Waals surface area contributed by atoms with Crippen LogP contribution in [0.4, 0.5) is 0 Å². The summed E-state index contributed by atoms with van der Waals surface area (Å²) in [4.78, 5) is 73.3. The maximum atomic E-state index is 13.2. The summed E-state index contributed by atoms with van der Waals surface area (Å²) in [6, 6.07) is 27.7. The van der Waals surface area contributed by atoms with Crippen molar-refractivity contribution in [3.63, 3.8) is 0 Å². The van der Waals surface area contributed by atoms with Gasteiger partial charge in [0.25, 0.3) is 27.8 Å². The van der Waals surface area contributed by atoms with Crippen molar-refractivity contribution in [1.82, 2.24) is 93.2 Å². The molecule has 0 aliphatic carbocycles. The molecule has 0 saturated carbocycles. The number of pyridine rings is 5. The highest BCUT2D eigenvalue weighted by Crippen LogP contribution is 2.33. The van der Waals surface area contributed by atoms with Crippen LogP contribution in [0.1, 0.15) is 68.0 Å². The van der Waals surface area contributed by atoms with Gasteiger partial charge in [0.15, 0.2) is 0 Å². The first-order valence-corrected chi connectivity index (χ1v) is 40.1. The van der Waals surface area contributed by atoms with E-state index < -0.39 is 0 Å². The molecule has 117 heavy (non-hydrogen) atoms. The average Bonchev–Trinajstić information content (AvgIpc) is 1.78. The van der Waals surface area contributed by atoms with Crippen molar-refractivity contribution >= 4 is 167 Å². The minimum Gasteiger partial charge on any atom is -0.384 e. The molecule has 0 unspecified atom stereocenters. The number of rotatable bonds is 25. The van der Waals surface area contributed by atoms with Crippen LogP contribution in [-0.2, 0) is 73.1 Å². The van der Waals surface area contributed by atoms with Gasteiger partial charge in [0.1, 0.15) is 27.6 Å². The van der Waals surface area contributed by atoms with E-state index in [9.17, 15) is 24.0 Å². The molecule has 16 rings (SSSR count). The lowest BCUT2D eigenvalue weighted by Crippen LogP contribution is -2.36. The Morgan fingerprint density at radius 1 is 0.427 bits per heavy atom. The molecule has 0 aliphatic heterocycles. The zero-order valence-electron chi connectivity index (χ0n) is 67.2. The van der Waals surface area contributed by atoms with Crippen molar-refractivity contribution < 1.29 is 14.2 Å². The van der Waals surface area contributed by atoms with Crippen LogP contribution in [0.3, 0.4) is 0 Å². The van der Waals surface area contributed by atoms with Crippen molar-refractivity contribution in [2.45, 2.75) is 112 Å². The topological polar surface area (TPSA) is 357 Å². The fourth-order valence-electron chi connectivity index (χ4n) is 15.2. The fraction of sp³-hybridized carbons (Fsp3) is 0.361. The van der Waals surface area contributed by atoms with Crippen LogP contribution < -0.4 is 39.3 Å². The molecule has 11 heterocycles. The van der Waals surface area contributed by atoms with Crippen LogP contribution >= 0.6 is 58.0 Å². The summed E-state index contributed by atoms with van der Waals surface area (Å²) < 4.78 is 26.4. The number of aromatic amines is 5. The Hall–Kier alpha value is -10.1. The predicted molar refractivity (Wildman–Crippen MR) is 471 cm³/mol. The number of fused-ring (bicyclic) bond motifs is 15. The molecule has 0 bridgehead atoms. The van der Waals surface area contributed by atoms with Crippen molar-refractivity contribution in [3.05, 3.63) is 215 Å². The van der Waals surface area contributed by atoms with Gasteiger partial charge < -0.3 is 62.9 Å². The van der Waals surface area contributed by atoms with Crippen LogP contribution in [0.15, 0.2) is 134 Å². The van der Waals surface area contributed by atoms with Crippen molar-refractivity contribution in [2.24, 2.45) is 16.9 Å². The third-order valence-electron chi connectivity index (χ3n) is 20.2. The summed E-state index contributed by atoms with van der Waals surface area (Å²) in [6.45, 7) is 15.9. The van der Waals surface area contributed by atoms with Gasteiger partial charge in [-0.05, 0) is 184 Å². The number of hydrogen-bond acceptors (Lipinski definition) is 18. The van der Waals surface area contributed by atoms with Gasteiger partial charge in [0.05, 0.1) is 97.7 Å². The van der Waals surface area contributed by atoms with Crippen molar-refractivity contribution in [1.29, 1.82) is 0 Å². The van der Waals surface area contributed by atoms with Gasteiger partial charge in [-0.3, -0.25) is 49.5 Å². The summed E-state index contributed by atoms with van der Waals surface area (Å²) in [6.07, 6.45) is 9.24. The lowest BCUT2D eigenvalue weighted by Gasteiger charge is -2.29. The molecule has 0 spiro atoms. The number of hydrogen-bond donors (Lipinski definition) is 7. The lowest BCUT2D eigenvalue weighted by atomic mass is 9.92.